The highest BCUT2D eigenvalue weighted by Crippen LogP contribution is 2.27. The highest BCUT2D eigenvalue weighted by Gasteiger charge is 2.32. The van der Waals surface area contributed by atoms with E-state index >= 15 is 0 Å². The fourth-order valence-corrected chi connectivity index (χ4v) is 2.81. The van der Waals surface area contributed by atoms with Crippen LogP contribution in [0.4, 0.5) is 0 Å². The van der Waals surface area contributed by atoms with E-state index in [1.165, 1.54) is 0 Å². The molecule has 2 heterocycles. The largest absolute Gasteiger partial charge is 0.345 e. The van der Waals surface area contributed by atoms with Gasteiger partial charge in [-0.25, -0.2) is 10.0 Å². The van der Waals surface area contributed by atoms with E-state index in [0.29, 0.717) is 12.5 Å². The van der Waals surface area contributed by atoms with E-state index in [0.717, 1.165) is 49.4 Å². The Hall–Kier alpha value is -1.36. The van der Waals surface area contributed by atoms with Gasteiger partial charge in [0.2, 0.25) is 5.91 Å². The van der Waals surface area contributed by atoms with Crippen molar-refractivity contribution >= 4 is 5.91 Å². The molecule has 0 saturated carbocycles. The van der Waals surface area contributed by atoms with Crippen LogP contribution in [0, 0.1) is 5.92 Å². The van der Waals surface area contributed by atoms with Gasteiger partial charge < -0.3 is 4.98 Å². The molecule has 1 saturated heterocycles. The van der Waals surface area contributed by atoms with Crippen molar-refractivity contribution < 1.29 is 9.63 Å². The number of nitrogens with one attached hydrogen (secondary N) is 1. The summed E-state index contributed by atoms with van der Waals surface area (Å²) in [5.74, 6) is 1.63. The lowest BCUT2D eigenvalue weighted by Crippen LogP contribution is -2.35. The minimum Gasteiger partial charge on any atom is -0.345 e. The Labute approximate surface area is 113 Å². The van der Waals surface area contributed by atoms with Crippen molar-refractivity contribution in [1.82, 2.24) is 15.0 Å². The number of aromatic nitrogens is 2. The van der Waals surface area contributed by atoms with E-state index in [1.807, 2.05) is 0 Å². The molecular weight excluding hydrogens is 242 g/mol. The summed E-state index contributed by atoms with van der Waals surface area (Å²) in [5, 5.41) is 1.55. The Balaban J connectivity index is 1.72. The number of hydrogen-bond donors (Lipinski definition) is 1. The van der Waals surface area contributed by atoms with E-state index in [1.54, 1.807) is 5.06 Å². The summed E-state index contributed by atoms with van der Waals surface area (Å²) in [6.45, 7) is 5.67. The third kappa shape index (κ3) is 2.39. The number of nitrogens with zero attached hydrogens (tertiary/aromatic N) is 2. The Morgan fingerprint density at radius 1 is 1.53 bits per heavy atom. The zero-order valence-corrected chi connectivity index (χ0v) is 11.6. The molecule has 104 valence electrons. The summed E-state index contributed by atoms with van der Waals surface area (Å²) in [4.78, 5) is 25.7. The highest BCUT2D eigenvalue weighted by molar-refractivity contribution is 5.78. The third-order valence-electron chi connectivity index (χ3n) is 3.96. The number of hydrogen-bond acceptors (Lipinski definition) is 3. The van der Waals surface area contributed by atoms with Gasteiger partial charge in [-0.3, -0.25) is 9.63 Å². The lowest BCUT2D eigenvalue weighted by atomic mass is 9.89. The van der Waals surface area contributed by atoms with Crippen molar-refractivity contribution in [3.05, 3.63) is 17.2 Å². The fourth-order valence-electron chi connectivity index (χ4n) is 2.81. The molecule has 5 heteroatoms. The Morgan fingerprint density at radius 3 is 3.05 bits per heavy atom. The molecule has 1 aliphatic carbocycles. The van der Waals surface area contributed by atoms with Crippen molar-refractivity contribution in [2.75, 3.05) is 13.2 Å². The standard InChI is InChI=1S/C14H21N3O2/c1-9(2)13-15-11-5-4-10(8-12(11)16-13)14(18)17-6-3-7-19-17/h9-10H,3-8H2,1-2H3,(H,15,16). The predicted molar refractivity (Wildman–Crippen MR) is 70.5 cm³/mol. The predicted octanol–water partition coefficient (Wildman–Crippen LogP) is 1.80. The molecule has 1 amide bonds. The number of hydroxylamine groups is 2. The number of carbonyl (C=O) groups excluding carboxylic acids is 1. The zero-order valence-electron chi connectivity index (χ0n) is 11.6. The lowest BCUT2D eigenvalue weighted by molar-refractivity contribution is -0.173. The van der Waals surface area contributed by atoms with Crippen LogP contribution >= 0.6 is 0 Å². The maximum Gasteiger partial charge on any atom is 0.249 e. The quantitative estimate of drug-likeness (QED) is 0.885. The molecule has 0 spiro atoms. The number of H-pyrrole nitrogens is 1. The van der Waals surface area contributed by atoms with Crippen LogP contribution in [0.3, 0.4) is 0 Å². The van der Waals surface area contributed by atoms with E-state index < -0.39 is 0 Å². The topological polar surface area (TPSA) is 58.2 Å². The van der Waals surface area contributed by atoms with Crippen molar-refractivity contribution in [1.29, 1.82) is 0 Å². The number of carbonyl (C=O) groups is 1. The maximum atomic E-state index is 12.3. The van der Waals surface area contributed by atoms with Crippen LogP contribution in [-0.4, -0.2) is 34.1 Å². The van der Waals surface area contributed by atoms with Crippen molar-refractivity contribution in [2.24, 2.45) is 5.92 Å². The first-order chi connectivity index (χ1) is 9.15. The molecule has 3 rings (SSSR count). The highest BCUT2D eigenvalue weighted by atomic mass is 16.7. The molecule has 0 aromatic carbocycles. The molecule has 19 heavy (non-hydrogen) atoms. The number of aromatic amines is 1. The normalized spacial score (nSPS) is 22.9. The van der Waals surface area contributed by atoms with Gasteiger partial charge in [0.05, 0.1) is 18.8 Å². The van der Waals surface area contributed by atoms with Gasteiger partial charge in [-0.05, 0) is 19.3 Å². The Morgan fingerprint density at radius 2 is 2.37 bits per heavy atom. The molecule has 5 nitrogen and oxygen atoms in total. The molecule has 1 aromatic rings. The molecule has 1 unspecified atom stereocenters. The van der Waals surface area contributed by atoms with Gasteiger partial charge in [-0.15, -0.1) is 0 Å². The van der Waals surface area contributed by atoms with E-state index in [9.17, 15) is 4.79 Å². The van der Waals surface area contributed by atoms with E-state index in [2.05, 4.69) is 23.8 Å². The lowest BCUT2D eigenvalue weighted by Gasteiger charge is -2.24. The molecule has 0 radical (unpaired) electrons. The minimum atomic E-state index is 0.0473. The minimum absolute atomic E-state index is 0.0473. The molecule has 2 aliphatic rings. The second-order valence-corrected chi connectivity index (χ2v) is 5.77. The van der Waals surface area contributed by atoms with E-state index in [4.69, 9.17) is 4.84 Å². The van der Waals surface area contributed by atoms with Gasteiger partial charge in [-0.2, -0.15) is 0 Å². The first-order valence-electron chi connectivity index (χ1n) is 7.17. The zero-order chi connectivity index (χ0) is 13.4. The maximum absolute atomic E-state index is 12.3. The second kappa shape index (κ2) is 4.96. The molecule has 1 atom stereocenters. The van der Waals surface area contributed by atoms with Gasteiger partial charge in [0.15, 0.2) is 0 Å². The average Bonchev–Trinajstić information content (AvgIpc) is 3.06. The molecular formula is C14H21N3O2. The van der Waals surface area contributed by atoms with Gasteiger partial charge in [0.25, 0.3) is 0 Å². The number of amides is 1. The van der Waals surface area contributed by atoms with Gasteiger partial charge in [0, 0.05) is 24.0 Å². The molecule has 1 N–H and O–H groups in total. The Bertz CT molecular complexity index is 475. The second-order valence-electron chi connectivity index (χ2n) is 5.77. The first kappa shape index (κ1) is 12.7. The van der Waals surface area contributed by atoms with Gasteiger partial charge in [0.1, 0.15) is 5.82 Å². The third-order valence-corrected chi connectivity index (χ3v) is 3.96. The molecule has 1 fully saturated rings. The first-order valence-corrected chi connectivity index (χ1v) is 7.17. The summed E-state index contributed by atoms with van der Waals surface area (Å²) >= 11 is 0. The van der Waals surface area contributed by atoms with Crippen LogP contribution in [0.15, 0.2) is 0 Å². The number of rotatable bonds is 2. The van der Waals surface area contributed by atoms with Crippen LogP contribution in [0.25, 0.3) is 0 Å². The molecule has 1 aromatic heterocycles. The average molecular weight is 263 g/mol. The SMILES string of the molecule is CC(C)c1nc2c([nH]1)CC(C(=O)N1CCCO1)CC2. The molecule has 0 bridgehead atoms. The van der Waals surface area contributed by atoms with Crippen LogP contribution in [0.5, 0.6) is 0 Å². The summed E-state index contributed by atoms with van der Waals surface area (Å²) in [5.41, 5.74) is 2.29. The van der Waals surface area contributed by atoms with Gasteiger partial charge >= 0.3 is 0 Å². The smallest absolute Gasteiger partial charge is 0.249 e. The Kier molecular flexibility index (Phi) is 3.31. The van der Waals surface area contributed by atoms with Gasteiger partial charge in [-0.1, -0.05) is 13.8 Å². The van der Waals surface area contributed by atoms with Crippen molar-refractivity contribution in [3.63, 3.8) is 0 Å². The van der Waals surface area contributed by atoms with Crippen LogP contribution in [-0.2, 0) is 22.5 Å². The monoisotopic (exact) mass is 263 g/mol. The van der Waals surface area contributed by atoms with E-state index in [-0.39, 0.29) is 11.8 Å². The summed E-state index contributed by atoms with van der Waals surface area (Å²) in [6.07, 6.45) is 3.50. The summed E-state index contributed by atoms with van der Waals surface area (Å²) in [7, 11) is 0. The summed E-state index contributed by atoms with van der Waals surface area (Å²) in [6, 6.07) is 0. The molecule has 1 aliphatic heterocycles. The fraction of sp³-hybridized carbons (Fsp3) is 0.714. The van der Waals surface area contributed by atoms with Crippen LogP contribution in [0.1, 0.15) is 49.8 Å². The van der Waals surface area contributed by atoms with Crippen LogP contribution < -0.4 is 0 Å². The van der Waals surface area contributed by atoms with Crippen molar-refractivity contribution in [3.8, 4) is 0 Å². The number of aryl methyl sites for hydroxylation is 1. The summed E-state index contributed by atoms with van der Waals surface area (Å²) < 4.78 is 0. The number of fused-ring (bicyclic) bond motifs is 1. The van der Waals surface area contributed by atoms with Crippen molar-refractivity contribution in [2.45, 2.75) is 45.4 Å². The van der Waals surface area contributed by atoms with Crippen LogP contribution in [0.2, 0.25) is 0 Å². The number of imidazole rings is 1.